The van der Waals surface area contributed by atoms with E-state index in [0.29, 0.717) is 66.3 Å². The molecule has 0 aromatic heterocycles. The van der Waals surface area contributed by atoms with Crippen molar-refractivity contribution >= 4 is 28.0 Å². The second-order valence-electron chi connectivity index (χ2n) is 19.4. The van der Waals surface area contributed by atoms with E-state index < -0.39 is 16.6 Å². The molecule has 8 heteroatoms. The maximum atomic E-state index is 13.8. The molecule has 7 nitrogen and oxygen atoms in total. The van der Waals surface area contributed by atoms with Gasteiger partial charge in [-0.15, -0.1) is 0 Å². The number of carbonyl (C=O) groups excluding carboxylic acids is 1. The minimum atomic E-state index is -2.45. The van der Waals surface area contributed by atoms with Gasteiger partial charge in [-0.25, -0.2) is 4.79 Å². The van der Waals surface area contributed by atoms with Crippen molar-refractivity contribution in [1.82, 2.24) is 9.80 Å². The summed E-state index contributed by atoms with van der Waals surface area (Å²) in [6.45, 7) is 24.3. The van der Waals surface area contributed by atoms with Crippen LogP contribution in [-0.2, 0) is 4.79 Å². The van der Waals surface area contributed by atoms with Crippen molar-refractivity contribution in [2.45, 2.75) is 112 Å². The summed E-state index contributed by atoms with van der Waals surface area (Å²) < 4.78 is 20.4. The fourth-order valence-corrected chi connectivity index (χ4v) is 15.7. The Morgan fingerprint density at radius 2 is 1.56 bits per heavy atom. The van der Waals surface area contributed by atoms with Crippen LogP contribution in [0.3, 0.4) is 0 Å². The van der Waals surface area contributed by atoms with Crippen LogP contribution < -0.4 is 0 Å². The third-order valence-electron chi connectivity index (χ3n) is 17.1. The fourth-order valence-electron chi connectivity index (χ4n) is 14.4. The summed E-state index contributed by atoms with van der Waals surface area (Å²) in [5.41, 5.74) is 4.51. The molecule has 1 aromatic carbocycles. The topological polar surface area (TPSA) is 101 Å². The van der Waals surface area contributed by atoms with E-state index in [0.717, 1.165) is 44.2 Å². The van der Waals surface area contributed by atoms with Crippen molar-refractivity contribution in [1.29, 1.82) is 0 Å². The molecule has 6 aliphatic rings. The second-order valence-corrected chi connectivity index (χ2v) is 21.9. The number of benzene rings is 1. The van der Waals surface area contributed by atoms with Crippen molar-refractivity contribution in [2.24, 2.45) is 51.2 Å². The lowest BCUT2D eigenvalue weighted by atomic mass is 9.33. The van der Waals surface area contributed by atoms with Crippen LogP contribution in [-0.4, -0.2) is 79.1 Å². The van der Waals surface area contributed by atoms with E-state index in [1.807, 2.05) is 12.1 Å². The quantitative estimate of drug-likeness (QED) is 0.241. The van der Waals surface area contributed by atoms with E-state index in [1.165, 1.54) is 36.8 Å². The Labute approximate surface area is 315 Å². The molecule has 1 saturated heterocycles. The molecule has 0 bridgehead atoms. The molecule has 5 aliphatic carbocycles. The van der Waals surface area contributed by atoms with Gasteiger partial charge in [0.25, 0.3) is 0 Å². The Balaban J connectivity index is 1.19. The van der Waals surface area contributed by atoms with Crippen LogP contribution in [0.1, 0.15) is 122 Å². The predicted molar refractivity (Wildman–Crippen MR) is 212 cm³/mol. The average Bonchev–Trinajstić information content (AvgIpc) is 3.46. The van der Waals surface area contributed by atoms with Crippen molar-refractivity contribution in [3.8, 4) is 0 Å². The van der Waals surface area contributed by atoms with Gasteiger partial charge in [-0.1, -0.05) is 65.0 Å². The number of aromatic carboxylic acids is 1. The fraction of sp³-hybridized carbons (Fsp3) is 0.727. The molecule has 9 atom stereocenters. The lowest BCUT2D eigenvalue weighted by molar-refractivity contribution is -0.227. The van der Waals surface area contributed by atoms with Gasteiger partial charge >= 0.3 is 5.97 Å². The van der Waals surface area contributed by atoms with Gasteiger partial charge in [-0.2, -0.15) is 10.6 Å². The van der Waals surface area contributed by atoms with Gasteiger partial charge < -0.3 is 10.0 Å². The zero-order chi connectivity index (χ0) is 37.6. The van der Waals surface area contributed by atoms with E-state index >= 15 is 0 Å². The SMILES string of the molecule is C=C(C)[C@@H]1CC[C@]2(N(CCN3CCS(O)(O)CC3)C(C)=O)CC[C@]3(C)[C@H](CC[C@@H]4[C@@]5(C)CC=C(c6ccc(C(=O)O)cc6)C(C)(C)[C@@H]5CC[C@]43C)[C@@H]12. The lowest BCUT2D eigenvalue weighted by Gasteiger charge is -2.73. The van der Waals surface area contributed by atoms with Gasteiger partial charge in [-0.3, -0.25) is 18.8 Å². The van der Waals surface area contributed by atoms with E-state index in [1.54, 1.807) is 19.1 Å². The first-order valence-corrected chi connectivity index (χ1v) is 22.1. The molecule has 288 valence electrons. The van der Waals surface area contributed by atoms with E-state index in [4.69, 9.17) is 0 Å². The number of amides is 1. The summed E-state index contributed by atoms with van der Waals surface area (Å²) in [6, 6.07) is 7.54. The van der Waals surface area contributed by atoms with Crippen LogP contribution in [0, 0.1) is 51.2 Å². The van der Waals surface area contributed by atoms with Gasteiger partial charge in [0.15, 0.2) is 0 Å². The molecule has 3 N–H and O–H groups in total. The first-order valence-electron chi connectivity index (χ1n) is 20.2. The summed E-state index contributed by atoms with van der Waals surface area (Å²) in [7, 11) is -2.45. The molecule has 52 heavy (non-hydrogen) atoms. The molecule has 4 saturated carbocycles. The second kappa shape index (κ2) is 13.0. The maximum Gasteiger partial charge on any atom is 0.335 e. The van der Waals surface area contributed by atoms with Crippen LogP contribution >= 0.6 is 10.6 Å². The zero-order valence-electron chi connectivity index (χ0n) is 33.0. The summed E-state index contributed by atoms with van der Waals surface area (Å²) in [5.74, 6) is 2.70. The molecule has 1 aromatic rings. The number of carboxylic acid groups (broad SMARTS) is 1. The number of hydrogen-bond donors (Lipinski definition) is 3. The molecule has 5 fully saturated rings. The highest BCUT2D eigenvalue weighted by molar-refractivity contribution is 8.24. The normalized spacial score (nSPS) is 41.3. The summed E-state index contributed by atoms with van der Waals surface area (Å²) >= 11 is 0. The number of hydrogen-bond acceptors (Lipinski definition) is 5. The van der Waals surface area contributed by atoms with Crippen molar-refractivity contribution in [3.05, 3.63) is 53.6 Å². The Hall–Kier alpha value is -2.13. The van der Waals surface area contributed by atoms with Crippen LogP contribution in [0.4, 0.5) is 0 Å². The highest BCUT2D eigenvalue weighted by atomic mass is 32.3. The first kappa shape index (κ1) is 38.2. The number of allylic oxidation sites excluding steroid dienone is 3. The van der Waals surface area contributed by atoms with Crippen LogP contribution in [0.2, 0.25) is 0 Å². The highest BCUT2D eigenvalue weighted by Crippen LogP contribution is 2.77. The van der Waals surface area contributed by atoms with Crippen molar-refractivity contribution in [3.63, 3.8) is 0 Å². The molecule has 0 unspecified atom stereocenters. The largest absolute Gasteiger partial charge is 0.478 e. The zero-order valence-corrected chi connectivity index (χ0v) is 33.9. The molecule has 1 amide bonds. The Morgan fingerprint density at radius 3 is 2.17 bits per heavy atom. The molecule has 7 rings (SSSR count). The summed E-state index contributed by atoms with van der Waals surface area (Å²) in [5, 5.41) is 9.51. The van der Waals surface area contributed by atoms with Crippen LogP contribution in [0.5, 0.6) is 0 Å². The molecule has 1 aliphatic heterocycles. The standard InChI is InChI=1S/C44H66N2O5S/c1-29(2)33-15-20-44(46(30(3)47)24-23-45-25-27-52(50,51)28-26-45)22-21-42(7)35(38(33)44)13-14-37-41(6)18-16-34(31-9-11-32(12-10-31)39(48)49)40(4,5)36(41)17-19-43(37,42)8/h9-12,16,33,35-38,50-51H,1,13-15,17-28H2,2-8H3,(H,48,49)/t33-,35+,36-,37+,38+,41-,42+,43+,44-/m0/s1. The van der Waals surface area contributed by atoms with Gasteiger partial charge in [0, 0.05) is 38.6 Å². The number of carboxylic acids is 1. The van der Waals surface area contributed by atoms with Gasteiger partial charge in [-0.05, 0) is 139 Å². The third-order valence-corrected chi connectivity index (χ3v) is 18.7. The van der Waals surface area contributed by atoms with Crippen LogP contribution in [0.25, 0.3) is 5.57 Å². The average molecular weight is 735 g/mol. The first-order chi connectivity index (χ1) is 24.3. The molecule has 0 radical (unpaired) electrons. The predicted octanol–water partition coefficient (Wildman–Crippen LogP) is 9.70. The van der Waals surface area contributed by atoms with Crippen molar-refractivity contribution in [2.75, 3.05) is 37.7 Å². The monoisotopic (exact) mass is 734 g/mol. The minimum absolute atomic E-state index is 0.0252. The van der Waals surface area contributed by atoms with E-state index in [2.05, 4.69) is 64.0 Å². The van der Waals surface area contributed by atoms with Gasteiger partial charge in [0.2, 0.25) is 5.91 Å². The van der Waals surface area contributed by atoms with Gasteiger partial charge in [0.1, 0.15) is 0 Å². The highest BCUT2D eigenvalue weighted by Gasteiger charge is 2.71. The molecule has 1 heterocycles. The smallest absolute Gasteiger partial charge is 0.335 e. The van der Waals surface area contributed by atoms with Crippen LogP contribution in [0.15, 0.2) is 42.5 Å². The van der Waals surface area contributed by atoms with Crippen molar-refractivity contribution < 1.29 is 23.8 Å². The summed E-state index contributed by atoms with van der Waals surface area (Å²) in [6.07, 6.45) is 12.8. The third kappa shape index (κ3) is 5.70. The number of nitrogens with zero attached hydrogens (tertiary/aromatic N) is 2. The number of fused-ring (bicyclic) bond motifs is 7. The Morgan fingerprint density at radius 1 is 0.885 bits per heavy atom. The van der Waals surface area contributed by atoms with E-state index in [-0.39, 0.29) is 33.1 Å². The summed E-state index contributed by atoms with van der Waals surface area (Å²) in [4.78, 5) is 30.0. The van der Waals surface area contributed by atoms with E-state index in [9.17, 15) is 23.8 Å². The number of rotatable bonds is 7. The molecular formula is C44H66N2O5S. The minimum Gasteiger partial charge on any atom is -0.478 e. The maximum absolute atomic E-state index is 13.8. The Bertz CT molecular complexity index is 1630. The molecular weight excluding hydrogens is 669 g/mol. The number of carbonyl (C=O) groups is 2. The Kier molecular flexibility index (Phi) is 9.53. The lowest BCUT2D eigenvalue weighted by Crippen LogP contribution is -2.69. The van der Waals surface area contributed by atoms with Gasteiger partial charge in [0.05, 0.1) is 17.1 Å². The molecule has 0 spiro atoms.